The summed E-state index contributed by atoms with van der Waals surface area (Å²) in [6, 6.07) is 0. The molecule has 4 atom stereocenters. The molecule has 0 saturated carbocycles. The van der Waals surface area contributed by atoms with E-state index in [-0.39, 0.29) is 12.2 Å². The average Bonchev–Trinajstić information content (AvgIpc) is 2.34. The van der Waals surface area contributed by atoms with Gasteiger partial charge in [0.25, 0.3) is 0 Å². The van der Waals surface area contributed by atoms with Gasteiger partial charge in [-0.1, -0.05) is 0 Å². The fourth-order valence-corrected chi connectivity index (χ4v) is 7.26. The maximum absolute atomic E-state index is 12.0. The van der Waals surface area contributed by atoms with E-state index >= 15 is 0 Å². The number of carbonyl (C=O) groups is 1. The Kier molecular flexibility index (Phi) is 10.1. The molecule has 5 nitrogen and oxygen atoms in total. The first kappa shape index (κ1) is 27.4. The summed E-state index contributed by atoms with van der Waals surface area (Å²) in [7, 11) is -7.57. The molecular formula is C18H44O5Si4. The lowest BCUT2D eigenvalue weighted by Crippen LogP contribution is -2.58. The Balaban J connectivity index is 6.03. The minimum atomic E-state index is -1.95. The highest BCUT2D eigenvalue weighted by Crippen LogP contribution is 2.27. The molecule has 0 aliphatic heterocycles. The molecule has 0 unspecified atom stereocenters. The molecule has 0 heterocycles. The number of carbonyl (C=O) groups excluding carboxylic acids is 1. The highest BCUT2D eigenvalue weighted by atomic mass is 28.4. The summed E-state index contributed by atoms with van der Waals surface area (Å²) >= 11 is 0. The number of hydrogen-bond donors (Lipinski definition) is 0. The summed E-state index contributed by atoms with van der Waals surface area (Å²) in [4.78, 5) is 12.0. The summed E-state index contributed by atoms with van der Waals surface area (Å²) in [5.74, 6) is 0. The van der Waals surface area contributed by atoms with Gasteiger partial charge in [0.05, 0.1) is 12.2 Å². The topological polar surface area (TPSA) is 54.0 Å². The van der Waals surface area contributed by atoms with Crippen LogP contribution in [-0.4, -0.2) is 64.0 Å². The summed E-state index contributed by atoms with van der Waals surface area (Å²) in [5, 5.41) is 0. The molecule has 0 rings (SSSR count). The van der Waals surface area contributed by atoms with Gasteiger partial charge in [-0.05, 0) is 85.5 Å². The standard InChI is InChI=1S/C18H44O5Si4/c1-15(20-24(2,3)4)17(22-26(8,9)10)18(23-27(11,12)13)16(14-19)21-25(5,6)7/h14-18H,1-13H3/t15-,16-,17-,18+/m0/s1. The number of hydrogen-bond acceptors (Lipinski definition) is 5. The molecule has 9 heteroatoms. The van der Waals surface area contributed by atoms with Gasteiger partial charge >= 0.3 is 0 Å². The van der Waals surface area contributed by atoms with Crippen LogP contribution in [0.25, 0.3) is 0 Å². The van der Waals surface area contributed by atoms with Gasteiger partial charge in [-0.2, -0.15) is 0 Å². The van der Waals surface area contributed by atoms with Crippen molar-refractivity contribution in [2.45, 2.75) is 110 Å². The molecule has 0 aromatic carbocycles. The largest absolute Gasteiger partial charge is 0.412 e. The molecule has 0 aromatic heterocycles. The van der Waals surface area contributed by atoms with Crippen LogP contribution in [0.4, 0.5) is 0 Å². The van der Waals surface area contributed by atoms with E-state index < -0.39 is 45.5 Å². The first-order valence-corrected chi connectivity index (χ1v) is 23.5. The monoisotopic (exact) mass is 452 g/mol. The average molecular weight is 453 g/mol. The van der Waals surface area contributed by atoms with Gasteiger partial charge < -0.3 is 22.5 Å². The predicted molar refractivity (Wildman–Crippen MR) is 125 cm³/mol. The zero-order chi connectivity index (χ0) is 21.8. The van der Waals surface area contributed by atoms with E-state index in [0.29, 0.717) is 0 Å². The molecule has 0 aliphatic rings. The quantitative estimate of drug-likeness (QED) is 0.305. The summed E-state index contributed by atoms with van der Waals surface area (Å²) in [5.41, 5.74) is 0. The van der Waals surface area contributed by atoms with Crippen molar-refractivity contribution in [3.63, 3.8) is 0 Å². The maximum Gasteiger partial charge on any atom is 0.184 e. The summed E-state index contributed by atoms with van der Waals surface area (Å²) in [6.45, 7) is 27.7. The van der Waals surface area contributed by atoms with Gasteiger partial charge in [-0.25, -0.2) is 0 Å². The normalized spacial score (nSPS) is 18.7. The van der Waals surface area contributed by atoms with Crippen molar-refractivity contribution in [3.8, 4) is 0 Å². The van der Waals surface area contributed by atoms with Crippen molar-refractivity contribution < 1.29 is 22.5 Å². The van der Waals surface area contributed by atoms with Crippen LogP contribution in [0.5, 0.6) is 0 Å². The van der Waals surface area contributed by atoms with E-state index in [1.165, 1.54) is 0 Å². The Hall–Kier alpha value is 0.378. The van der Waals surface area contributed by atoms with Gasteiger partial charge in [0.15, 0.2) is 33.3 Å². The second-order valence-electron chi connectivity index (χ2n) is 11.2. The summed E-state index contributed by atoms with van der Waals surface area (Å²) in [6.07, 6.45) is -0.708. The van der Waals surface area contributed by atoms with E-state index in [4.69, 9.17) is 17.7 Å². The molecular weight excluding hydrogens is 409 g/mol. The lowest BCUT2D eigenvalue weighted by Gasteiger charge is -2.43. The first-order chi connectivity index (χ1) is 11.7. The first-order valence-electron chi connectivity index (χ1n) is 9.91. The second kappa shape index (κ2) is 9.92. The Morgan fingerprint density at radius 1 is 0.556 bits per heavy atom. The highest BCUT2D eigenvalue weighted by molar-refractivity contribution is 6.71. The third-order valence-corrected chi connectivity index (χ3v) is 7.27. The van der Waals surface area contributed by atoms with Crippen molar-refractivity contribution in [1.82, 2.24) is 0 Å². The van der Waals surface area contributed by atoms with Crippen LogP contribution in [0.1, 0.15) is 6.92 Å². The van der Waals surface area contributed by atoms with Gasteiger partial charge in [0.1, 0.15) is 18.5 Å². The predicted octanol–water partition coefficient (Wildman–Crippen LogP) is 5.09. The van der Waals surface area contributed by atoms with Gasteiger partial charge in [-0.3, -0.25) is 0 Å². The van der Waals surface area contributed by atoms with Crippen molar-refractivity contribution in [3.05, 3.63) is 0 Å². The summed E-state index contributed by atoms with van der Waals surface area (Å²) < 4.78 is 25.7. The van der Waals surface area contributed by atoms with Crippen LogP contribution in [0.15, 0.2) is 0 Å². The third-order valence-electron chi connectivity index (χ3n) is 3.25. The van der Waals surface area contributed by atoms with E-state index in [1.54, 1.807) is 0 Å². The molecule has 0 bridgehead atoms. The Labute approximate surface area is 172 Å². The molecule has 27 heavy (non-hydrogen) atoms. The molecule has 0 aromatic rings. The van der Waals surface area contributed by atoms with E-state index in [1.807, 2.05) is 6.92 Å². The van der Waals surface area contributed by atoms with Crippen LogP contribution in [-0.2, 0) is 22.5 Å². The molecule has 0 saturated heterocycles. The molecule has 0 amide bonds. The molecule has 0 fully saturated rings. The van der Waals surface area contributed by atoms with Crippen LogP contribution < -0.4 is 0 Å². The maximum atomic E-state index is 12.0. The smallest absolute Gasteiger partial charge is 0.184 e. The van der Waals surface area contributed by atoms with Gasteiger partial charge in [0, 0.05) is 0 Å². The third kappa shape index (κ3) is 13.3. The molecule has 162 valence electrons. The molecule has 0 N–H and O–H groups in total. The fraction of sp³-hybridized carbons (Fsp3) is 0.944. The minimum Gasteiger partial charge on any atom is -0.412 e. The lowest BCUT2D eigenvalue weighted by atomic mass is 10.1. The second-order valence-corrected chi connectivity index (χ2v) is 29.0. The van der Waals surface area contributed by atoms with Crippen molar-refractivity contribution in [2.24, 2.45) is 0 Å². The fourth-order valence-electron chi connectivity index (χ4n) is 2.77. The zero-order valence-corrected chi connectivity index (χ0v) is 23.9. The number of rotatable bonds is 12. The number of aldehydes is 1. The zero-order valence-electron chi connectivity index (χ0n) is 19.9. The van der Waals surface area contributed by atoms with Crippen molar-refractivity contribution in [2.75, 3.05) is 0 Å². The molecule has 0 aliphatic carbocycles. The van der Waals surface area contributed by atoms with Crippen LogP contribution in [0.3, 0.4) is 0 Å². The van der Waals surface area contributed by atoms with Crippen LogP contribution >= 0.6 is 0 Å². The Morgan fingerprint density at radius 3 is 1.19 bits per heavy atom. The van der Waals surface area contributed by atoms with Crippen LogP contribution in [0.2, 0.25) is 78.6 Å². The van der Waals surface area contributed by atoms with Crippen molar-refractivity contribution >= 4 is 39.6 Å². The lowest BCUT2D eigenvalue weighted by molar-refractivity contribution is -0.125. The van der Waals surface area contributed by atoms with Gasteiger partial charge in [0.2, 0.25) is 0 Å². The molecule has 0 spiro atoms. The molecule has 0 radical (unpaired) electrons. The van der Waals surface area contributed by atoms with Crippen LogP contribution in [0, 0.1) is 0 Å². The van der Waals surface area contributed by atoms with E-state index in [0.717, 1.165) is 6.29 Å². The minimum absolute atomic E-state index is 0.169. The van der Waals surface area contributed by atoms with Gasteiger partial charge in [-0.15, -0.1) is 0 Å². The van der Waals surface area contributed by atoms with E-state index in [9.17, 15) is 4.79 Å². The Morgan fingerprint density at radius 2 is 0.889 bits per heavy atom. The van der Waals surface area contributed by atoms with E-state index in [2.05, 4.69) is 78.6 Å². The highest BCUT2D eigenvalue weighted by Gasteiger charge is 2.43. The Bertz CT molecular complexity index is 460. The SMILES string of the molecule is C[C@H](O[Si](C)(C)C)[C@H](O[Si](C)(C)C)[C@H](O[Si](C)(C)C)[C@H](C=O)O[Si](C)(C)C. The van der Waals surface area contributed by atoms with Crippen molar-refractivity contribution in [1.29, 1.82) is 0 Å².